The largest absolute Gasteiger partial charge is 0.508 e. The van der Waals surface area contributed by atoms with Gasteiger partial charge in [-0.05, 0) is 48.5 Å². The third-order valence-corrected chi connectivity index (χ3v) is 3.07. The van der Waals surface area contributed by atoms with Crippen LogP contribution in [0.1, 0.15) is 10.4 Å². The second-order valence-electron chi connectivity index (χ2n) is 4.28. The summed E-state index contributed by atoms with van der Waals surface area (Å²) in [5, 5.41) is 19.1. The van der Waals surface area contributed by atoms with Gasteiger partial charge in [0.15, 0.2) is 0 Å². The van der Waals surface area contributed by atoms with Gasteiger partial charge in [-0.15, -0.1) is 0 Å². The lowest BCUT2D eigenvalue weighted by atomic mass is 10.1. The topological polar surface area (TPSA) is 62.5 Å². The van der Waals surface area contributed by atoms with E-state index in [1.807, 2.05) is 16.8 Å². The maximum absolute atomic E-state index is 10.9. The molecule has 0 amide bonds. The van der Waals surface area contributed by atoms with E-state index in [4.69, 9.17) is 5.11 Å². The number of hydrogen-bond donors (Lipinski definition) is 2. The minimum Gasteiger partial charge on any atom is -0.508 e. The number of phenols is 1. The van der Waals surface area contributed by atoms with E-state index in [-0.39, 0.29) is 11.3 Å². The van der Waals surface area contributed by atoms with Crippen LogP contribution < -0.4 is 0 Å². The molecule has 0 atom stereocenters. The first-order valence-electron chi connectivity index (χ1n) is 5.79. The third-order valence-electron chi connectivity index (χ3n) is 3.07. The molecular weight excluding hydrogens is 242 g/mol. The van der Waals surface area contributed by atoms with Crippen molar-refractivity contribution in [2.75, 3.05) is 0 Å². The molecule has 2 N–H and O–H groups in total. The summed E-state index contributed by atoms with van der Waals surface area (Å²) in [6.07, 6.45) is 1.88. The molecule has 0 unspecified atom stereocenters. The number of benzene rings is 2. The zero-order valence-corrected chi connectivity index (χ0v) is 9.95. The normalized spacial score (nSPS) is 10.7. The van der Waals surface area contributed by atoms with Crippen LogP contribution in [0.25, 0.3) is 16.6 Å². The van der Waals surface area contributed by atoms with Gasteiger partial charge in [0.2, 0.25) is 0 Å². The van der Waals surface area contributed by atoms with E-state index in [9.17, 15) is 9.90 Å². The van der Waals surface area contributed by atoms with Gasteiger partial charge in [0.25, 0.3) is 0 Å². The number of carboxylic acids is 1. The van der Waals surface area contributed by atoms with Gasteiger partial charge in [-0.3, -0.25) is 0 Å². The lowest BCUT2D eigenvalue weighted by molar-refractivity contribution is 0.0697. The first kappa shape index (κ1) is 11.3. The smallest absolute Gasteiger partial charge is 0.335 e. The Bertz CT molecular complexity index is 757. The Labute approximate surface area is 109 Å². The predicted octanol–water partition coefficient (Wildman–Crippen LogP) is 3.03. The first-order chi connectivity index (χ1) is 9.15. The number of nitrogens with zero attached hydrogens (tertiary/aromatic N) is 1. The average molecular weight is 253 g/mol. The van der Waals surface area contributed by atoms with Gasteiger partial charge >= 0.3 is 5.97 Å². The van der Waals surface area contributed by atoms with Gasteiger partial charge in [0.1, 0.15) is 5.75 Å². The summed E-state index contributed by atoms with van der Waals surface area (Å²) >= 11 is 0. The van der Waals surface area contributed by atoms with Crippen LogP contribution in [0.4, 0.5) is 0 Å². The fourth-order valence-corrected chi connectivity index (χ4v) is 2.11. The maximum Gasteiger partial charge on any atom is 0.335 e. The molecule has 0 spiro atoms. The zero-order valence-electron chi connectivity index (χ0n) is 9.95. The summed E-state index contributed by atoms with van der Waals surface area (Å²) in [7, 11) is 0. The lowest BCUT2D eigenvalue weighted by Gasteiger charge is -2.05. The van der Waals surface area contributed by atoms with Crippen molar-refractivity contribution >= 4 is 16.9 Å². The number of phenolic OH excluding ortho intramolecular Hbond substituents is 1. The van der Waals surface area contributed by atoms with Crippen molar-refractivity contribution < 1.29 is 15.0 Å². The molecule has 94 valence electrons. The Morgan fingerprint density at radius 2 is 1.74 bits per heavy atom. The van der Waals surface area contributed by atoms with Crippen LogP contribution in [0.2, 0.25) is 0 Å². The van der Waals surface area contributed by atoms with Crippen molar-refractivity contribution in [2.24, 2.45) is 0 Å². The van der Waals surface area contributed by atoms with Crippen LogP contribution in [0.15, 0.2) is 54.7 Å². The molecule has 3 aromatic rings. The van der Waals surface area contributed by atoms with Crippen molar-refractivity contribution in [2.45, 2.75) is 0 Å². The molecule has 0 radical (unpaired) electrons. The van der Waals surface area contributed by atoms with E-state index in [0.717, 1.165) is 16.6 Å². The lowest BCUT2D eigenvalue weighted by Crippen LogP contribution is -1.96. The van der Waals surface area contributed by atoms with Crippen molar-refractivity contribution in [3.05, 3.63) is 60.3 Å². The van der Waals surface area contributed by atoms with Crippen LogP contribution in [0, 0.1) is 0 Å². The van der Waals surface area contributed by atoms with E-state index >= 15 is 0 Å². The Kier molecular flexibility index (Phi) is 2.49. The molecule has 0 saturated heterocycles. The van der Waals surface area contributed by atoms with E-state index in [1.54, 1.807) is 42.5 Å². The molecule has 0 aliphatic carbocycles. The van der Waals surface area contributed by atoms with Crippen molar-refractivity contribution in [3.63, 3.8) is 0 Å². The van der Waals surface area contributed by atoms with Crippen molar-refractivity contribution in [1.29, 1.82) is 0 Å². The molecule has 0 aliphatic rings. The molecule has 4 nitrogen and oxygen atoms in total. The summed E-state index contributed by atoms with van der Waals surface area (Å²) in [5.74, 6) is -0.715. The number of carboxylic acid groups (broad SMARTS) is 1. The number of carbonyl (C=O) groups is 1. The molecule has 4 heteroatoms. The average Bonchev–Trinajstić information content (AvgIpc) is 2.82. The molecule has 19 heavy (non-hydrogen) atoms. The number of hydrogen-bond acceptors (Lipinski definition) is 2. The van der Waals surface area contributed by atoms with Crippen LogP contribution in [0.5, 0.6) is 5.75 Å². The van der Waals surface area contributed by atoms with Gasteiger partial charge in [-0.1, -0.05) is 0 Å². The Morgan fingerprint density at radius 3 is 2.42 bits per heavy atom. The van der Waals surface area contributed by atoms with Gasteiger partial charge in [0.05, 0.1) is 11.1 Å². The van der Waals surface area contributed by atoms with E-state index in [2.05, 4.69) is 0 Å². The fraction of sp³-hybridized carbons (Fsp3) is 0. The Morgan fingerprint density at radius 1 is 1.00 bits per heavy atom. The second-order valence-corrected chi connectivity index (χ2v) is 4.28. The van der Waals surface area contributed by atoms with Crippen LogP contribution in [-0.2, 0) is 0 Å². The highest BCUT2D eigenvalue weighted by Crippen LogP contribution is 2.23. The monoisotopic (exact) mass is 253 g/mol. The second kappa shape index (κ2) is 4.17. The van der Waals surface area contributed by atoms with Gasteiger partial charge in [-0.25, -0.2) is 4.79 Å². The van der Waals surface area contributed by atoms with E-state index in [1.165, 1.54) is 0 Å². The number of fused-ring (bicyclic) bond motifs is 1. The highest BCUT2D eigenvalue weighted by molar-refractivity contribution is 5.94. The summed E-state index contributed by atoms with van der Waals surface area (Å²) < 4.78 is 1.94. The van der Waals surface area contributed by atoms with E-state index < -0.39 is 5.97 Å². The molecule has 0 fully saturated rings. The van der Waals surface area contributed by atoms with Crippen molar-refractivity contribution in [3.8, 4) is 11.4 Å². The quantitative estimate of drug-likeness (QED) is 0.737. The van der Waals surface area contributed by atoms with Crippen LogP contribution >= 0.6 is 0 Å². The van der Waals surface area contributed by atoms with E-state index in [0.29, 0.717) is 0 Å². The predicted molar refractivity (Wildman–Crippen MR) is 71.9 cm³/mol. The molecular formula is C15H11NO3. The Balaban J connectivity index is 2.15. The van der Waals surface area contributed by atoms with Gasteiger partial charge < -0.3 is 14.8 Å². The highest BCUT2D eigenvalue weighted by atomic mass is 16.4. The van der Waals surface area contributed by atoms with Crippen molar-refractivity contribution in [1.82, 2.24) is 4.57 Å². The van der Waals surface area contributed by atoms with Gasteiger partial charge in [0, 0.05) is 17.3 Å². The molecule has 3 rings (SSSR count). The molecule has 2 aromatic carbocycles. The maximum atomic E-state index is 10.9. The molecule has 1 heterocycles. The number of aromatic carboxylic acids is 1. The van der Waals surface area contributed by atoms with Crippen LogP contribution in [-0.4, -0.2) is 20.7 Å². The highest BCUT2D eigenvalue weighted by Gasteiger charge is 2.07. The summed E-state index contributed by atoms with van der Waals surface area (Å²) in [6, 6.07) is 13.7. The summed E-state index contributed by atoms with van der Waals surface area (Å²) in [5.41, 5.74) is 2.11. The number of rotatable bonds is 2. The van der Waals surface area contributed by atoms with Gasteiger partial charge in [-0.2, -0.15) is 0 Å². The minimum atomic E-state index is -0.931. The fourth-order valence-electron chi connectivity index (χ4n) is 2.11. The van der Waals surface area contributed by atoms with Crippen LogP contribution in [0.3, 0.4) is 0 Å². The molecule has 0 bridgehead atoms. The zero-order chi connectivity index (χ0) is 13.4. The SMILES string of the molecule is O=C(O)c1ccc2c(ccn2-c2ccc(O)cc2)c1. The standard InChI is InChI=1S/C15H11NO3/c17-13-4-2-12(3-5-13)16-8-7-10-9-11(15(18)19)1-6-14(10)16/h1-9,17H,(H,18,19). The molecule has 0 saturated carbocycles. The third kappa shape index (κ3) is 1.93. The number of aromatic nitrogens is 1. The molecule has 0 aliphatic heterocycles. The Hall–Kier alpha value is -2.75. The molecule has 1 aromatic heterocycles. The summed E-state index contributed by atoms with van der Waals surface area (Å²) in [4.78, 5) is 10.9. The summed E-state index contributed by atoms with van der Waals surface area (Å²) in [6.45, 7) is 0. The minimum absolute atomic E-state index is 0.216. The first-order valence-corrected chi connectivity index (χ1v) is 5.79. The number of aromatic hydroxyl groups is 1.